The summed E-state index contributed by atoms with van der Waals surface area (Å²) in [5.41, 5.74) is 1.19. The number of carboxylic acid groups (broad SMARTS) is 1. The van der Waals surface area contributed by atoms with E-state index in [-0.39, 0.29) is 24.2 Å². The van der Waals surface area contributed by atoms with Gasteiger partial charge in [-0.1, -0.05) is 0 Å². The van der Waals surface area contributed by atoms with Crippen LogP contribution in [-0.4, -0.2) is 83.4 Å². The van der Waals surface area contributed by atoms with Crippen LogP contribution in [0.25, 0.3) is 0 Å². The first-order valence-electron chi connectivity index (χ1n) is 11.2. The van der Waals surface area contributed by atoms with Crippen molar-refractivity contribution in [2.75, 3.05) is 44.2 Å². The summed E-state index contributed by atoms with van der Waals surface area (Å²) < 4.78 is 5.65. The highest BCUT2D eigenvalue weighted by molar-refractivity contribution is 5.70. The van der Waals surface area contributed by atoms with Crippen LogP contribution >= 0.6 is 0 Å². The summed E-state index contributed by atoms with van der Waals surface area (Å²) in [6.45, 7) is 5.22. The van der Waals surface area contributed by atoms with Crippen molar-refractivity contribution in [3.05, 3.63) is 24.5 Å². The van der Waals surface area contributed by atoms with Crippen LogP contribution in [0.1, 0.15) is 38.5 Å². The third-order valence-corrected chi connectivity index (χ3v) is 6.77. The zero-order valence-electron chi connectivity index (χ0n) is 17.5. The normalized spacial score (nSPS) is 24.3. The predicted molar refractivity (Wildman–Crippen MR) is 112 cm³/mol. The topological polar surface area (TPSA) is 86.2 Å². The van der Waals surface area contributed by atoms with Gasteiger partial charge in [-0.2, -0.15) is 0 Å². The molecule has 3 fully saturated rings. The van der Waals surface area contributed by atoms with Crippen molar-refractivity contribution >= 4 is 17.7 Å². The highest BCUT2D eigenvalue weighted by atomic mass is 16.6. The number of hydrogen-bond donors (Lipinski definition) is 1. The lowest BCUT2D eigenvalue weighted by atomic mass is 9.97. The van der Waals surface area contributed by atoms with Gasteiger partial charge in [-0.15, -0.1) is 0 Å². The number of ether oxygens (including phenoxy) is 1. The number of carbonyl (C=O) groups excluding carboxylic acids is 1. The molecule has 1 N–H and O–H groups in total. The smallest absolute Gasteiger partial charge is 0.410 e. The molecule has 0 aliphatic carbocycles. The van der Waals surface area contributed by atoms with Crippen LogP contribution < -0.4 is 4.90 Å². The molecule has 0 radical (unpaired) electrons. The molecule has 8 nitrogen and oxygen atoms in total. The number of rotatable bonds is 7. The first kappa shape index (κ1) is 20.9. The summed E-state index contributed by atoms with van der Waals surface area (Å²) >= 11 is 0. The van der Waals surface area contributed by atoms with Gasteiger partial charge in [0.1, 0.15) is 6.10 Å². The fraction of sp³-hybridized carbons (Fsp3) is 0.682. The van der Waals surface area contributed by atoms with Crippen LogP contribution in [0.4, 0.5) is 10.5 Å². The van der Waals surface area contributed by atoms with Gasteiger partial charge < -0.3 is 24.5 Å². The Morgan fingerprint density at radius 2 is 1.80 bits per heavy atom. The van der Waals surface area contributed by atoms with E-state index in [0.29, 0.717) is 6.54 Å². The van der Waals surface area contributed by atoms with Crippen molar-refractivity contribution in [2.24, 2.45) is 5.92 Å². The van der Waals surface area contributed by atoms with Crippen LogP contribution in [0.3, 0.4) is 0 Å². The average Bonchev–Trinajstić information content (AvgIpc) is 3.15. The van der Waals surface area contributed by atoms with E-state index in [9.17, 15) is 9.59 Å². The maximum atomic E-state index is 12.4. The number of aromatic nitrogens is 1. The maximum absolute atomic E-state index is 12.4. The number of carbonyl (C=O) groups is 2. The number of piperidine rings is 2. The second-order valence-electron chi connectivity index (χ2n) is 8.68. The number of amides is 1. The molecular weight excluding hydrogens is 384 g/mol. The Morgan fingerprint density at radius 1 is 1.10 bits per heavy atom. The van der Waals surface area contributed by atoms with Gasteiger partial charge in [-0.25, -0.2) is 4.79 Å². The number of pyridine rings is 1. The summed E-state index contributed by atoms with van der Waals surface area (Å²) in [5, 5.41) is 9.10. The standard InChI is InChI=1S/C22H32N4O4/c27-21(28)17-5-12-24(13-6-17)11-1-2-20-16-26(22(29)30-20)19-7-14-25(15-8-19)18-3-9-23-10-4-18/h3-4,9-10,17,19-20H,1-2,5-8,11-16H2,(H,27,28). The monoisotopic (exact) mass is 416 g/mol. The van der Waals surface area contributed by atoms with Gasteiger partial charge in [0, 0.05) is 37.2 Å². The van der Waals surface area contributed by atoms with Gasteiger partial charge in [-0.3, -0.25) is 9.78 Å². The third-order valence-electron chi connectivity index (χ3n) is 6.77. The van der Waals surface area contributed by atoms with E-state index in [1.165, 1.54) is 5.69 Å². The number of nitrogens with zero attached hydrogens (tertiary/aromatic N) is 4. The fourth-order valence-corrected chi connectivity index (χ4v) is 4.93. The number of likely N-dealkylation sites (tertiary alicyclic amines) is 1. The lowest BCUT2D eigenvalue weighted by Gasteiger charge is -2.36. The van der Waals surface area contributed by atoms with Crippen LogP contribution in [0.2, 0.25) is 0 Å². The number of aliphatic carboxylic acids is 1. The quantitative estimate of drug-likeness (QED) is 0.731. The van der Waals surface area contributed by atoms with Gasteiger partial charge in [0.2, 0.25) is 0 Å². The summed E-state index contributed by atoms with van der Waals surface area (Å²) in [4.78, 5) is 34.2. The van der Waals surface area contributed by atoms with Crippen LogP contribution in [0.15, 0.2) is 24.5 Å². The lowest BCUT2D eigenvalue weighted by molar-refractivity contribution is -0.143. The van der Waals surface area contributed by atoms with E-state index < -0.39 is 5.97 Å². The molecule has 0 saturated carbocycles. The number of carboxylic acids is 1. The SMILES string of the molecule is O=C(O)C1CCN(CCCC2CN(C3CCN(c4ccncc4)CC3)C(=O)O2)CC1. The van der Waals surface area contributed by atoms with Crippen LogP contribution in [0.5, 0.6) is 0 Å². The molecule has 0 spiro atoms. The van der Waals surface area contributed by atoms with Crippen molar-refractivity contribution < 1.29 is 19.4 Å². The van der Waals surface area contributed by atoms with Crippen molar-refractivity contribution in [1.29, 1.82) is 0 Å². The van der Waals surface area contributed by atoms with Gasteiger partial charge in [-0.05, 0) is 70.3 Å². The lowest BCUT2D eigenvalue weighted by Crippen LogP contribution is -2.45. The second kappa shape index (κ2) is 9.64. The molecule has 1 amide bonds. The van der Waals surface area contributed by atoms with Gasteiger partial charge in [0.15, 0.2) is 0 Å². The molecule has 4 rings (SSSR count). The molecule has 0 bridgehead atoms. The van der Waals surface area contributed by atoms with Crippen molar-refractivity contribution in [3.63, 3.8) is 0 Å². The maximum Gasteiger partial charge on any atom is 0.410 e. The Kier molecular flexibility index (Phi) is 6.72. The number of anilines is 1. The number of hydrogen-bond acceptors (Lipinski definition) is 6. The Balaban J connectivity index is 1.17. The molecule has 1 aromatic rings. The highest BCUT2D eigenvalue weighted by Gasteiger charge is 2.37. The molecular formula is C22H32N4O4. The first-order valence-corrected chi connectivity index (χ1v) is 11.2. The molecule has 1 unspecified atom stereocenters. The molecule has 30 heavy (non-hydrogen) atoms. The zero-order valence-corrected chi connectivity index (χ0v) is 17.5. The van der Waals surface area contributed by atoms with E-state index in [4.69, 9.17) is 9.84 Å². The fourth-order valence-electron chi connectivity index (χ4n) is 4.93. The Labute approximate surface area is 177 Å². The first-order chi connectivity index (χ1) is 14.6. The summed E-state index contributed by atoms with van der Waals surface area (Å²) in [6, 6.07) is 4.32. The summed E-state index contributed by atoms with van der Waals surface area (Å²) in [6.07, 6.45) is 8.69. The van der Waals surface area contributed by atoms with E-state index in [1.54, 1.807) is 0 Å². The van der Waals surface area contributed by atoms with Crippen molar-refractivity contribution in [1.82, 2.24) is 14.8 Å². The van der Waals surface area contributed by atoms with Crippen LogP contribution in [0, 0.1) is 5.92 Å². The minimum Gasteiger partial charge on any atom is -0.481 e. The molecule has 1 atom stereocenters. The molecule has 4 heterocycles. The predicted octanol–water partition coefficient (Wildman–Crippen LogP) is 2.45. The van der Waals surface area contributed by atoms with Gasteiger partial charge in [0.05, 0.1) is 12.5 Å². The van der Waals surface area contributed by atoms with Gasteiger partial charge in [0.25, 0.3) is 0 Å². The highest BCUT2D eigenvalue weighted by Crippen LogP contribution is 2.27. The van der Waals surface area contributed by atoms with E-state index in [2.05, 4.69) is 14.8 Å². The van der Waals surface area contributed by atoms with E-state index in [1.807, 2.05) is 29.4 Å². The summed E-state index contributed by atoms with van der Waals surface area (Å²) in [7, 11) is 0. The zero-order chi connectivity index (χ0) is 20.9. The summed E-state index contributed by atoms with van der Waals surface area (Å²) in [5.74, 6) is -0.852. The van der Waals surface area contributed by atoms with E-state index >= 15 is 0 Å². The molecule has 1 aromatic heterocycles. The molecule has 0 aromatic carbocycles. The molecule has 164 valence electrons. The Hall–Kier alpha value is -2.35. The molecule has 3 aliphatic rings. The number of cyclic esters (lactones) is 1. The minimum absolute atomic E-state index is 0.0210. The molecule has 3 aliphatic heterocycles. The van der Waals surface area contributed by atoms with Crippen LogP contribution in [-0.2, 0) is 9.53 Å². The van der Waals surface area contributed by atoms with Crippen molar-refractivity contribution in [3.8, 4) is 0 Å². The Bertz CT molecular complexity index is 715. The third kappa shape index (κ3) is 5.03. The van der Waals surface area contributed by atoms with Crippen molar-refractivity contribution in [2.45, 2.75) is 50.7 Å². The molecule has 8 heteroatoms. The Morgan fingerprint density at radius 3 is 2.47 bits per heavy atom. The average molecular weight is 417 g/mol. The molecule has 3 saturated heterocycles. The minimum atomic E-state index is -0.667. The van der Waals surface area contributed by atoms with Gasteiger partial charge >= 0.3 is 12.1 Å². The second-order valence-corrected chi connectivity index (χ2v) is 8.68. The largest absolute Gasteiger partial charge is 0.481 e. The van der Waals surface area contributed by atoms with E-state index in [0.717, 1.165) is 71.2 Å².